The van der Waals surface area contributed by atoms with Crippen molar-refractivity contribution in [1.29, 1.82) is 0 Å². The third-order valence-corrected chi connectivity index (χ3v) is 11.5. The van der Waals surface area contributed by atoms with Gasteiger partial charge in [0, 0.05) is 33.3 Å². The van der Waals surface area contributed by atoms with Crippen LogP contribution in [0.15, 0.2) is 229 Å². The third-order valence-electron chi connectivity index (χ3n) is 11.5. The van der Waals surface area contributed by atoms with Gasteiger partial charge in [-0.3, -0.25) is 0 Å². The summed E-state index contributed by atoms with van der Waals surface area (Å²) in [5, 5.41) is 7.27. The molecule has 0 saturated heterocycles. The van der Waals surface area contributed by atoms with Crippen molar-refractivity contribution in [3.63, 3.8) is 0 Å². The number of hydrogen-bond acceptors (Lipinski definition) is 2. The molecule has 0 amide bonds. The smallest absolute Gasteiger partial charge is 0.143 e. The van der Waals surface area contributed by atoms with Crippen LogP contribution in [-0.4, -0.2) is 0 Å². The van der Waals surface area contributed by atoms with Gasteiger partial charge in [-0.15, -0.1) is 0 Å². The Morgan fingerprint density at radius 3 is 1.64 bits per heavy atom. The molecule has 0 atom stereocenters. The van der Waals surface area contributed by atoms with Crippen LogP contribution in [0.2, 0.25) is 0 Å². The molecule has 0 radical (unpaired) electrons. The van der Waals surface area contributed by atoms with Gasteiger partial charge in [0.05, 0.1) is 5.69 Å². The molecule has 0 fully saturated rings. The first kappa shape index (κ1) is 33.6. The van der Waals surface area contributed by atoms with Gasteiger partial charge in [0.2, 0.25) is 0 Å². The van der Waals surface area contributed by atoms with Gasteiger partial charge >= 0.3 is 0 Å². The molecule has 0 aliphatic carbocycles. The first-order chi connectivity index (χ1) is 28.8. The van der Waals surface area contributed by atoms with Crippen LogP contribution in [0.3, 0.4) is 0 Å². The summed E-state index contributed by atoms with van der Waals surface area (Å²) >= 11 is 0. The minimum Gasteiger partial charge on any atom is -0.455 e. The van der Waals surface area contributed by atoms with Crippen LogP contribution < -0.4 is 4.90 Å². The van der Waals surface area contributed by atoms with Crippen molar-refractivity contribution in [1.82, 2.24) is 0 Å². The van der Waals surface area contributed by atoms with Crippen molar-refractivity contribution in [2.45, 2.75) is 0 Å². The Bertz CT molecular complexity index is 3210. The van der Waals surface area contributed by atoms with Crippen LogP contribution in [0.1, 0.15) is 0 Å². The Morgan fingerprint density at radius 1 is 0.293 bits per heavy atom. The van der Waals surface area contributed by atoms with Crippen LogP contribution in [0.4, 0.5) is 17.1 Å². The van der Waals surface area contributed by atoms with E-state index in [-0.39, 0.29) is 0 Å². The summed E-state index contributed by atoms with van der Waals surface area (Å²) in [6.45, 7) is 0. The summed E-state index contributed by atoms with van der Waals surface area (Å²) in [5.74, 6) is 0. The second-order valence-corrected chi connectivity index (χ2v) is 14.9. The molecule has 1 aromatic heterocycles. The first-order valence-electron chi connectivity index (χ1n) is 19.8. The highest BCUT2D eigenvalue weighted by molar-refractivity contribution is 6.13. The lowest BCUT2D eigenvalue weighted by Gasteiger charge is -2.29. The van der Waals surface area contributed by atoms with Crippen LogP contribution in [0, 0.1) is 0 Å². The van der Waals surface area contributed by atoms with Crippen LogP contribution >= 0.6 is 0 Å². The Morgan fingerprint density at radius 2 is 0.879 bits per heavy atom. The molecule has 0 aliphatic rings. The molecule has 0 bridgehead atoms. The Kier molecular flexibility index (Phi) is 8.19. The van der Waals surface area contributed by atoms with Crippen LogP contribution in [0.5, 0.6) is 0 Å². The maximum absolute atomic E-state index is 6.65. The molecular formula is C56H37NO. The third kappa shape index (κ3) is 5.82. The number of benzene rings is 10. The second-order valence-electron chi connectivity index (χ2n) is 14.9. The van der Waals surface area contributed by atoms with E-state index in [9.17, 15) is 0 Å². The van der Waals surface area contributed by atoms with Crippen molar-refractivity contribution in [3.8, 4) is 44.5 Å². The second kappa shape index (κ2) is 14.1. The van der Waals surface area contributed by atoms with Crippen molar-refractivity contribution in [2.24, 2.45) is 0 Å². The number of furan rings is 1. The van der Waals surface area contributed by atoms with E-state index in [1.165, 1.54) is 43.8 Å². The molecule has 0 unspecified atom stereocenters. The summed E-state index contributed by atoms with van der Waals surface area (Å²) in [6.07, 6.45) is 0. The number of rotatable bonds is 7. The minimum absolute atomic E-state index is 0.887. The highest BCUT2D eigenvalue weighted by Gasteiger charge is 2.22. The Balaban J connectivity index is 1.13. The predicted octanol–water partition coefficient (Wildman–Crippen LogP) is 16.0. The maximum Gasteiger partial charge on any atom is 0.143 e. The molecule has 1 heterocycles. The van der Waals surface area contributed by atoms with Gasteiger partial charge < -0.3 is 9.32 Å². The fourth-order valence-electron chi connectivity index (χ4n) is 8.70. The first-order valence-corrected chi connectivity index (χ1v) is 19.8. The zero-order valence-electron chi connectivity index (χ0n) is 31.7. The van der Waals surface area contributed by atoms with E-state index in [4.69, 9.17) is 4.42 Å². The van der Waals surface area contributed by atoms with E-state index >= 15 is 0 Å². The van der Waals surface area contributed by atoms with Gasteiger partial charge in [0.25, 0.3) is 0 Å². The predicted molar refractivity (Wildman–Crippen MR) is 245 cm³/mol. The van der Waals surface area contributed by atoms with Crippen molar-refractivity contribution >= 4 is 60.5 Å². The number of anilines is 3. The number of para-hydroxylation sites is 3. The van der Waals surface area contributed by atoms with Crippen molar-refractivity contribution < 1.29 is 4.42 Å². The topological polar surface area (TPSA) is 16.4 Å². The standard InChI is InChI=1S/C56H37NO/c1-3-15-38(16-4-1)42-35-43(39-17-5-2-6-18-39)37-45(36-42)57(54-27-11-9-21-50(54)52-25-14-26-53-51-22-10-12-28-55(51)58-56(52)53)44-32-29-41(30-33-44)47-23-13-24-48-46-20-8-7-19-40(46)31-34-49(47)48/h1-37H. The van der Waals surface area contributed by atoms with Gasteiger partial charge in [-0.1, -0.05) is 182 Å². The molecule has 2 nitrogen and oxygen atoms in total. The van der Waals surface area contributed by atoms with E-state index in [2.05, 4.69) is 223 Å². The van der Waals surface area contributed by atoms with Crippen molar-refractivity contribution in [2.75, 3.05) is 4.90 Å². The normalized spacial score (nSPS) is 11.4. The summed E-state index contributed by atoms with van der Waals surface area (Å²) in [4.78, 5) is 2.41. The summed E-state index contributed by atoms with van der Waals surface area (Å²) in [6, 6.07) is 80.7. The average Bonchev–Trinajstić information content (AvgIpc) is 3.69. The molecule has 2 heteroatoms. The molecule has 0 N–H and O–H groups in total. The van der Waals surface area contributed by atoms with Gasteiger partial charge in [0.15, 0.2) is 0 Å². The van der Waals surface area contributed by atoms with Crippen molar-refractivity contribution in [3.05, 3.63) is 224 Å². The molecule has 10 aromatic carbocycles. The molecule has 58 heavy (non-hydrogen) atoms. The fourth-order valence-corrected chi connectivity index (χ4v) is 8.70. The van der Waals surface area contributed by atoms with Crippen LogP contribution in [-0.2, 0) is 0 Å². The molecule has 11 rings (SSSR count). The maximum atomic E-state index is 6.65. The largest absolute Gasteiger partial charge is 0.455 e. The number of fused-ring (bicyclic) bond motifs is 6. The molecule has 0 saturated carbocycles. The lowest BCUT2D eigenvalue weighted by Crippen LogP contribution is -2.11. The quantitative estimate of drug-likeness (QED) is 0.151. The molecule has 0 aliphatic heterocycles. The highest BCUT2D eigenvalue weighted by atomic mass is 16.3. The lowest BCUT2D eigenvalue weighted by molar-refractivity contribution is 0.670. The zero-order valence-corrected chi connectivity index (χ0v) is 31.7. The van der Waals surface area contributed by atoms with E-state index in [1.807, 2.05) is 6.07 Å². The van der Waals surface area contributed by atoms with Gasteiger partial charge in [-0.2, -0.15) is 0 Å². The average molecular weight is 740 g/mol. The highest BCUT2D eigenvalue weighted by Crippen LogP contribution is 2.46. The summed E-state index contributed by atoms with van der Waals surface area (Å²) < 4.78 is 6.65. The Hall–Kier alpha value is -7.68. The fraction of sp³-hybridized carbons (Fsp3) is 0. The summed E-state index contributed by atoms with van der Waals surface area (Å²) in [5.41, 5.74) is 14.1. The zero-order chi connectivity index (χ0) is 38.4. The number of nitrogens with zero attached hydrogens (tertiary/aromatic N) is 1. The molecule has 11 aromatic rings. The van der Waals surface area contributed by atoms with Gasteiger partial charge in [-0.05, 0) is 97.4 Å². The van der Waals surface area contributed by atoms with Crippen LogP contribution in [0.25, 0.3) is 88.0 Å². The minimum atomic E-state index is 0.887. The molecule has 272 valence electrons. The van der Waals surface area contributed by atoms with E-state index in [0.29, 0.717) is 0 Å². The number of hydrogen-bond donors (Lipinski definition) is 0. The SMILES string of the molecule is c1ccc(-c2cc(-c3ccccc3)cc(N(c3ccc(-c4cccc5c4ccc4ccccc45)cc3)c3ccccc3-c3cccc4c3oc3ccccc34)c2)cc1. The molecule has 0 spiro atoms. The molecular weight excluding hydrogens is 703 g/mol. The van der Waals surface area contributed by atoms with E-state index in [0.717, 1.165) is 61.3 Å². The Labute approximate surface area is 337 Å². The monoisotopic (exact) mass is 739 g/mol. The van der Waals surface area contributed by atoms with E-state index < -0.39 is 0 Å². The van der Waals surface area contributed by atoms with Gasteiger partial charge in [-0.25, -0.2) is 0 Å². The van der Waals surface area contributed by atoms with E-state index in [1.54, 1.807) is 0 Å². The summed E-state index contributed by atoms with van der Waals surface area (Å²) in [7, 11) is 0. The lowest BCUT2D eigenvalue weighted by atomic mass is 9.94. The van der Waals surface area contributed by atoms with Gasteiger partial charge in [0.1, 0.15) is 11.2 Å².